The fraction of sp³-hybridized carbons (Fsp3) is 0.111. The van der Waals surface area contributed by atoms with Crippen molar-refractivity contribution < 1.29 is 0 Å². The molecule has 0 amide bonds. The largest absolute Gasteiger partial charge is 0.396 e. The zero-order chi connectivity index (χ0) is 14.7. The van der Waals surface area contributed by atoms with Gasteiger partial charge in [-0.1, -0.05) is 60.7 Å². The summed E-state index contributed by atoms with van der Waals surface area (Å²) in [4.78, 5) is 3.40. The van der Waals surface area contributed by atoms with Crippen LogP contribution in [-0.4, -0.2) is 4.98 Å². The number of hydrogen-bond donors (Lipinski definition) is 3. The molecule has 4 N–H and O–H groups in total. The summed E-state index contributed by atoms with van der Waals surface area (Å²) in [5.41, 5.74) is 11.5. The van der Waals surface area contributed by atoms with Gasteiger partial charge in [0.2, 0.25) is 0 Å². The van der Waals surface area contributed by atoms with Crippen LogP contribution in [0.5, 0.6) is 0 Å². The molecule has 0 radical (unpaired) electrons. The maximum atomic E-state index is 6.21. The Morgan fingerprint density at radius 3 is 2.24 bits per heavy atom. The van der Waals surface area contributed by atoms with E-state index in [2.05, 4.69) is 34.6 Å². The van der Waals surface area contributed by atoms with Crippen LogP contribution >= 0.6 is 0 Å². The molecule has 0 atom stereocenters. The molecule has 0 aliphatic heterocycles. The summed E-state index contributed by atoms with van der Waals surface area (Å²) in [6, 6.07) is 20.5. The number of nitrogen functional groups attached to an aromatic ring is 1. The molecule has 3 aromatic rings. The lowest BCUT2D eigenvalue weighted by Crippen LogP contribution is -2.01. The summed E-state index contributed by atoms with van der Waals surface area (Å²) in [5, 5.41) is 3.38. The van der Waals surface area contributed by atoms with Crippen LogP contribution < -0.4 is 11.1 Å². The average molecular weight is 277 g/mol. The Labute approximate surface area is 124 Å². The van der Waals surface area contributed by atoms with Crippen LogP contribution in [0.15, 0.2) is 60.7 Å². The smallest absolute Gasteiger partial charge is 0.127 e. The molecule has 21 heavy (non-hydrogen) atoms. The number of nitrogens with one attached hydrogen (secondary N) is 2. The minimum Gasteiger partial charge on any atom is -0.396 e. The predicted octanol–water partition coefficient (Wildman–Crippen LogP) is 4.18. The van der Waals surface area contributed by atoms with Crippen LogP contribution in [0.3, 0.4) is 0 Å². The molecular weight excluding hydrogens is 258 g/mol. The second-order valence-electron chi connectivity index (χ2n) is 5.12. The number of aromatic nitrogens is 1. The first-order valence-electron chi connectivity index (χ1n) is 7.07. The third kappa shape index (κ3) is 2.77. The number of H-pyrrole nitrogens is 1. The molecule has 0 bridgehead atoms. The molecule has 106 valence electrons. The van der Waals surface area contributed by atoms with E-state index in [4.69, 9.17) is 5.73 Å². The average Bonchev–Trinajstić information content (AvgIpc) is 2.83. The van der Waals surface area contributed by atoms with Gasteiger partial charge in [-0.3, -0.25) is 0 Å². The van der Waals surface area contributed by atoms with Gasteiger partial charge in [0.15, 0.2) is 0 Å². The molecule has 0 unspecified atom stereocenters. The van der Waals surface area contributed by atoms with Crippen molar-refractivity contribution in [2.75, 3.05) is 11.1 Å². The zero-order valence-corrected chi connectivity index (χ0v) is 12.1. The number of hydrogen-bond acceptors (Lipinski definition) is 2. The maximum Gasteiger partial charge on any atom is 0.127 e. The normalized spacial score (nSPS) is 10.5. The van der Waals surface area contributed by atoms with E-state index in [9.17, 15) is 0 Å². The van der Waals surface area contributed by atoms with Crippen molar-refractivity contribution in [1.82, 2.24) is 4.98 Å². The standard InChI is InChI=1S/C18H19N3/c1-13-16(19)18(20-12-14-8-4-2-5-9-14)21-17(13)15-10-6-3-7-11-15/h2-11,20-21H,12,19H2,1H3. The Morgan fingerprint density at radius 1 is 0.952 bits per heavy atom. The SMILES string of the molecule is Cc1c(-c2ccccc2)[nH]c(NCc2ccccc2)c1N. The molecule has 2 aromatic carbocycles. The van der Waals surface area contributed by atoms with E-state index < -0.39 is 0 Å². The highest BCUT2D eigenvalue weighted by Crippen LogP contribution is 2.32. The van der Waals surface area contributed by atoms with Crippen LogP contribution in [0.2, 0.25) is 0 Å². The summed E-state index contributed by atoms with van der Waals surface area (Å²) in [5.74, 6) is 0.884. The van der Waals surface area contributed by atoms with Crippen molar-refractivity contribution in [2.45, 2.75) is 13.5 Å². The van der Waals surface area contributed by atoms with Crippen LogP contribution in [-0.2, 0) is 6.54 Å². The first-order valence-corrected chi connectivity index (χ1v) is 7.07. The van der Waals surface area contributed by atoms with Crippen LogP contribution in [0.4, 0.5) is 11.5 Å². The van der Waals surface area contributed by atoms with Crippen molar-refractivity contribution in [3.63, 3.8) is 0 Å². The molecule has 1 aromatic heterocycles. The van der Waals surface area contributed by atoms with Gasteiger partial charge in [0.25, 0.3) is 0 Å². The van der Waals surface area contributed by atoms with Crippen LogP contribution in [0.25, 0.3) is 11.3 Å². The second-order valence-corrected chi connectivity index (χ2v) is 5.12. The summed E-state index contributed by atoms with van der Waals surface area (Å²) in [7, 11) is 0. The molecule has 3 rings (SSSR count). The van der Waals surface area contributed by atoms with E-state index in [1.807, 2.05) is 43.3 Å². The van der Waals surface area contributed by atoms with Crippen molar-refractivity contribution >= 4 is 11.5 Å². The topological polar surface area (TPSA) is 53.8 Å². The molecule has 1 heterocycles. The Hall–Kier alpha value is -2.68. The molecule has 0 saturated heterocycles. The lowest BCUT2D eigenvalue weighted by atomic mass is 10.1. The summed E-state index contributed by atoms with van der Waals surface area (Å²) in [6.07, 6.45) is 0. The van der Waals surface area contributed by atoms with E-state index >= 15 is 0 Å². The molecule has 0 aliphatic rings. The molecule has 0 saturated carbocycles. The number of anilines is 2. The van der Waals surface area contributed by atoms with Gasteiger partial charge >= 0.3 is 0 Å². The molecule has 0 aliphatic carbocycles. The molecule has 3 heteroatoms. The number of aromatic amines is 1. The van der Waals surface area contributed by atoms with Crippen LogP contribution in [0.1, 0.15) is 11.1 Å². The molecule has 3 nitrogen and oxygen atoms in total. The summed E-state index contributed by atoms with van der Waals surface area (Å²) in [6.45, 7) is 2.79. The van der Waals surface area contributed by atoms with E-state index in [1.165, 1.54) is 5.56 Å². The third-order valence-electron chi connectivity index (χ3n) is 3.67. The molecule has 0 spiro atoms. The van der Waals surface area contributed by atoms with E-state index in [-0.39, 0.29) is 0 Å². The number of rotatable bonds is 4. The van der Waals surface area contributed by atoms with Gasteiger partial charge in [0, 0.05) is 6.54 Å². The van der Waals surface area contributed by atoms with Gasteiger partial charge in [0.05, 0.1) is 11.4 Å². The van der Waals surface area contributed by atoms with E-state index in [1.54, 1.807) is 0 Å². The third-order valence-corrected chi connectivity index (χ3v) is 3.67. The Kier molecular flexibility index (Phi) is 3.65. The van der Waals surface area contributed by atoms with E-state index in [0.29, 0.717) is 0 Å². The monoisotopic (exact) mass is 277 g/mol. The Bertz CT molecular complexity index is 715. The van der Waals surface area contributed by atoms with Gasteiger partial charge in [-0.05, 0) is 23.6 Å². The molecule has 0 fully saturated rings. The van der Waals surface area contributed by atoms with Gasteiger partial charge in [-0.25, -0.2) is 0 Å². The summed E-state index contributed by atoms with van der Waals surface area (Å²) >= 11 is 0. The Balaban J connectivity index is 1.84. The first-order chi connectivity index (χ1) is 10.3. The van der Waals surface area contributed by atoms with Gasteiger partial charge in [-0.2, -0.15) is 0 Å². The lowest BCUT2D eigenvalue weighted by molar-refractivity contribution is 1.13. The quantitative estimate of drug-likeness (QED) is 0.670. The minimum atomic E-state index is 0.749. The number of benzene rings is 2. The summed E-state index contributed by atoms with van der Waals surface area (Å²) < 4.78 is 0. The van der Waals surface area contributed by atoms with Crippen molar-refractivity contribution in [1.29, 1.82) is 0 Å². The lowest BCUT2D eigenvalue weighted by Gasteiger charge is -2.05. The van der Waals surface area contributed by atoms with Gasteiger partial charge in [-0.15, -0.1) is 0 Å². The molecular formula is C18H19N3. The van der Waals surface area contributed by atoms with Gasteiger partial charge in [0.1, 0.15) is 5.82 Å². The zero-order valence-electron chi connectivity index (χ0n) is 12.1. The Morgan fingerprint density at radius 2 is 1.57 bits per heavy atom. The van der Waals surface area contributed by atoms with Gasteiger partial charge < -0.3 is 16.0 Å². The second kappa shape index (κ2) is 5.75. The fourth-order valence-corrected chi connectivity index (χ4v) is 2.43. The predicted molar refractivity (Wildman–Crippen MR) is 89.1 cm³/mol. The highest BCUT2D eigenvalue weighted by atomic mass is 15.0. The fourth-order valence-electron chi connectivity index (χ4n) is 2.43. The minimum absolute atomic E-state index is 0.749. The number of nitrogens with two attached hydrogens (primary N) is 1. The van der Waals surface area contributed by atoms with Crippen molar-refractivity contribution in [3.05, 3.63) is 71.8 Å². The highest BCUT2D eigenvalue weighted by Gasteiger charge is 2.12. The first kappa shape index (κ1) is 13.3. The van der Waals surface area contributed by atoms with Crippen LogP contribution in [0, 0.1) is 6.92 Å². The maximum absolute atomic E-state index is 6.21. The van der Waals surface area contributed by atoms with E-state index in [0.717, 1.165) is 34.9 Å². The van der Waals surface area contributed by atoms with Crippen molar-refractivity contribution in [2.24, 2.45) is 0 Å². The van der Waals surface area contributed by atoms with Crippen molar-refractivity contribution in [3.8, 4) is 11.3 Å². The highest BCUT2D eigenvalue weighted by molar-refractivity contribution is 5.79.